The van der Waals surface area contributed by atoms with E-state index < -0.39 is 0 Å². The summed E-state index contributed by atoms with van der Waals surface area (Å²) in [7, 11) is 0. The van der Waals surface area contributed by atoms with Crippen LogP contribution >= 0.6 is 0 Å². The molecule has 6 aromatic carbocycles. The molecule has 0 atom stereocenters. The third-order valence-electron chi connectivity index (χ3n) is 6.82. The molecule has 0 saturated carbocycles. The van der Waals surface area contributed by atoms with Crippen molar-refractivity contribution in [2.24, 2.45) is 0 Å². The third kappa shape index (κ3) is 3.48. The summed E-state index contributed by atoms with van der Waals surface area (Å²) in [6.07, 6.45) is 7.25. The number of benzene rings is 6. The van der Waals surface area contributed by atoms with Crippen LogP contribution in [0.4, 0.5) is 0 Å². The van der Waals surface area contributed by atoms with Crippen LogP contribution in [-0.4, -0.2) is 20.4 Å². The molecule has 0 saturated heterocycles. The molecule has 168 valence electrons. The summed E-state index contributed by atoms with van der Waals surface area (Å²) in [6.45, 7) is 0. The Morgan fingerprint density at radius 3 is 1.08 bits per heavy atom. The van der Waals surface area contributed by atoms with Crippen LogP contribution in [0.2, 0.25) is 0 Å². The highest BCUT2D eigenvalue weighted by Crippen LogP contribution is 2.30. The maximum absolute atomic E-state index is 3.95. The van der Waals surface area contributed by atoms with Crippen molar-refractivity contribution in [3.8, 4) is 0 Å². The van der Waals surface area contributed by atoms with Gasteiger partial charge in [-0.3, -0.25) is 0 Å². The van der Waals surface area contributed by atoms with Crippen LogP contribution in [-0.2, 0) is 0 Å². The van der Waals surface area contributed by atoms with Crippen LogP contribution < -0.4 is 0 Å². The fraction of sp³-hybridized carbons (Fsp3) is 0. The minimum atomic E-state index is 1.13. The van der Waals surface area contributed by atoms with Crippen LogP contribution in [0.15, 0.2) is 122 Å². The molecule has 4 heteroatoms. The Bertz CT molecular complexity index is 1900. The number of aromatic nitrogens is 4. The van der Waals surface area contributed by atoms with E-state index in [9.17, 15) is 0 Å². The van der Waals surface area contributed by atoms with Crippen molar-refractivity contribution >= 4 is 64.6 Å². The quantitative estimate of drug-likeness (QED) is 0.171. The normalized spacial score (nSPS) is 11.3. The molecule has 0 fully saturated rings. The molecule has 8 rings (SSSR count). The number of rotatable bonds is 0. The Kier molecular flexibility index (Phi) is 4.74. The van der Waals surface area contributed by atoms with E-state index in [-0.39, 0.29) is 0 Å². The van der Waals surface area contributed by atoms with Gasteiger partial charge in [0.25, 0.3) is 0 Å². The van der Waals surface area contributed by atoms with Crippen LogP contribution in [0.5, 0.6) is 0 Å². The number of hydrogen-bond acceptors (Lipinski definition) is 4. The molecule has 0 aliphatic heterocycles. The van der Waals surface area contributed by atoms with E-state index in [1.807, 2.05) is 24.8 Å². The zero-order valence-corrected chi connectivity index (χ0v) is 19.3. The summed E-state index contributed by atoms with van der Waals surface area (Å²) in [5.41, 5.74) is 0. The smallest absolute Gasteiger partial charge is 0.0574 e. The lowest BCUT2D eigenvalue weighted by Crippen LogP contribution is -1.82. The van der Waals surface area contributed by atoms with E-state index in [4.69, 9.17) is 0 Å². The molecule has 4 nitrogen and oxygen atoms in total. The highest BCUT2D eigenvalue weighted by molar-refractivity contribution is 6.12. The van der Waals surface area contributed by atoms with Gasteiger partial charge >= 0.3 is 0 Å². The van der Waals surface area contributed by atoms with Crippen molar-refractivity contribution in [3.05, 3.63) is 122 Å². The number of fused-ring (bicyclic) bond motifs is 8. The molecule has 0 bridgehead atoms. The molecule has 0 aliphatic carbocycles. The van der Waals surface area contributed by atoms with Gasteiger partial charge in [0.15, 0.2) is 0 Å². The SMILES string of the molecule is c1ccc2c(c1)ccc1cc3cnncc3cc12.c1ccc2c(c1)ccc1cc3cnncc3cc12. The van der Waals surface area contributed by atoms with Gasteiger partial charge in [-0.1, -0.05) is 72.8 Å². The molecule has 0 unspecified atom stereocenters. The van der Waals surface area contributed by atoms with Gasteiger partial charge in [0, 0.05) is 21.5 Å². The van der Waals surface area contributed by atoms with Gasteiger partial charge in [-0.2, -0.15) is 20.4 Å². The minimum Gasteiger partial charge on any atom is -0.158 e. The molecule has 0 aliphatic rings. The average Bonchev–Trinajstić information content (AvgIpc) is 2.95. The predicted octanol–water partition coefficient (Wildman–Crippen LogP) is 7.87. The molecule has 0 amide bonds. The largest absolute Gasteiger partial charge is 0.158 e. The zero-order valence-electron chi connectivity index (χ0n) is 19.3. The first-order valence-electron chi connectivity index (χ1n) is 11.9. The third-order valence-corrected chi connectivity index (χ3v) is 6.82. The Hall–Kier alpha value is -4.96. The summed E-state index contributed by atoms with van der Waals surface area (Å²) in [5.74, 6) is 0. The van der Waals surface area contributed by atoms with E-state index in [1.54, 1.807) is 0 Å². The van der Waals surface area contributed by atoms with Crippen molar-refractivity contribution in [2.45, 2.75) is 0 Å². The molecule has 2 heterocycles. The Balaban J connectivity index is 0.000000122. The maximum Gasteiger partial charge on any atom is 0.0574 e. The summed E-state index contributed by atoms with van der Waals surface area (Å²) in [4.78, 5) is 0. The van der Waals surface area contributed by atoms with E-state index in [2.05, 4.69) is 117 Å². The fourth-order valence-electron chi connectivity index (χ4n) is 5.01. The van der Waals surface area contributed by atoms with Crippen molar-refractivity contribution in [2.75, 3.05) is 0 Å². The fourth-order valence-corrected chi connectivity index (χ4v) is 5.01. The highest BCUT2D eigenvalue weighted by atomic mass is 15.1. The summed E-state index contributed by atoms with van der Waals surface area (Å²) in [5, 5.41) is 30.4. The highest BCUT2D eigenvalue weighted by Gasteiger charge is 2.04. The first kappa shape index (κ1) is 20.4. The van der Waals surface area contributed by atoms with Crippen LogP contribution in [0.3, 0.4) is 0 Å². The lowest BCUT2D eigenvalue weighted by molar-refractivity contribution is 1.05. The molecular weight excluding hydrogens is 440 g/mol. The van der Waals surface area contributed by atoms with Crippen molar-refractivity contribution < 1.29 is 0 Å². The lowest BCUT2D eigenvalue weighted by atomic mass is 10.00. The van der Waals surface area contributed by atoms with E-state index in [1.165, 1.54) is 43.1 Å². The van der Waals surface area contributed by atoms with Crippen molar-refractivity contribution in [1.82, 2.24) is 20.4 Å². The van der Waals surface area contributed by atoms with Gasteiger partial charge < -0.3 is 0 Å². The van der Waals surface area contributed by atoms with E-state index in [0.717, 1.165) is 21.5 Å². The van der Waals surface area contributed by atoms with Gasteiger partial charge in [-0.05, 0) is 67.4 Å². The van der Waals surface area contributed by atoms with Gasteiger partial charge in [0.2, 0.25) is 0 Å². The second-order valence-corrected chi connectivity index (χ2v) is 8.96. The number of nitrogens with zero attached hydrogens (tertiary/aromatic N) is 4. The monoisotopic (exact) mass is 460 g/mol. The molecular formula is C32H20N4. The minimum absolute atomic E-state index is 1.13. The van der Waals surface area contributed by atoms with Crippen LogP contribution in [0.1, 0.15) is 0 Å². The Labute approximate surface area is 206 Å². The molecule has 0 spiro atoms. The average molecular weight is 461 g/mol. The standard InChI is InChI=1S/2C16H10N2/c2*1-2-4-15-11(3-1)5-6-12-7-13-9-17-18-10-14(13)8-16(12)15/h2*1-10H. The lowest BCUT2D eigenvalue weighted by Gasteiger charge is -2.05. The van der Waals surface area contributed by atoms with Gasteiger partial charge in [0.05, 0.1) is 24.8 Å². The van der Waals surface area contributed by atoms with Gasteiger partial charge in [-0.15, -0.1) is 0 Å². The van der Waals surface area contributed by atoms with Crippen LogP contribution in [0.25, 0.3) is 64.6 Å². The van der Waals surface area contributed by atoms with Crippen LogP contribution in [0, 0.1) is 0 Å². The first-order chi connectivity index (χ1) is 17.8. The number of hydrogen-bond donors (Lipinski definition) is 0. The zero-order chi connectivity index (χ0) is 23.9. The molecule has 0 radical (unpaired) electrons. The van der Waals surface area contributed by atoms with Gasteiger partial charge in [0.1, 0.15) is 0 Å². The Morgan fingerprint density at radius 1 is 0.278 bits per heavy atom. The van der Waals surface area contributed by atoms with Crippen molar-refractivity contribution in [3.63, 3.8) is 0 Å². The van der Waals surface area contributed by atoms with E-state index >= 15 is 0 Å². The second kappa shape index (κ2) is 8.36. The molecule has 2 aromatic heterocycles. The second-order valence-electron chi connectivity index (χ2n) is 8.96. The Morgan fingerprint density at radius 2 is 0.639 bits per heavy atom. The molecule has 36 heavy (non-hydrogen) atoms. The summed E-state index contributed by atoms with van der Waals surface area (Å²) < 4.78 is 0. The summed E-state index contributed by atoms with van der Waals surface area (Å²) in [6, 6.07) is 34.3. The molecule has 8 aromatic rings. The van der Waals surface area contributed by atoms with Gasteiger partial charge in [-0.25, -0.2) is 0 Å². The topological polar surface area (TPSA) is 51.6 Å². The maximum atomic E-state index is 3.95. The molecule has 0 N–H and O–H groups in total. The van der Waals surface area contributed by atoms with E-state index in [0.29, 0.717) is 0 Å². The van der Waals surface area contributed by atoms with Crippen molar-refractivity contribution in [1.29, 1.82) is 0 Å². The first-order valence-corrected chi connectivity index (χ1v) is 11.9. The summed E-state index contributed by atoms with van der Waals surface area (Å²) >= 11 is 0. The predicted molar refractivity (Wildman–Crippen MR) is 149 cm³/mol.